The lowest BCUT2D eigenvalue weighted by Crippen LogP contribution is -1.90. The fourth-order valence-electron chi connectivity index (χ4n) is 2.66. The number of furan rings is 1. The van der Waals surface area contributed by atoms with E-state index in [-0.39, 0.29) is 5.56 Å². The normalized spacial score (nSPS) is 11.3. The number of imidazole rings is 1. The molecule has 0 amide bonds. The van der Waals surface area contributed by atoms with Gasteiger partial charge in [0.2, 0.25) is 0 Å². The summed E-state index contributed by atoms with van der Waals surface area (Å²) in [5.74, 6) is 0.247. The van der Waals surface area contributed by atoms with Crippen LogP contribution >= 0.6 is 0 Å². The van der Waals surface area contributed by atoms with Crippen LogP contribution in [0.2, 0.25) is 0 Å². The Hall–Kier alpha value is -2.95. The number of halogens is 2. The molecule has 0 fully saturated rings. The molecule has 4 aromatic rings. The molecule has 0 radical (unpaired) electrons. The van der Waals surface area contributed by atoms with Gasteiger partial charge in [-0.05, 0) is 36.4 Å². The molecule has 2 aromatic carbocycles. The maximum Gasteiger partial charge on any atom is 0.177 e. The van der Waals surface area contributed by atoms with Crippen molar-refractivity contribution < 1.29 is 13.2 Å². The zero-order valence-electron chi connectivity index (χ0n) is 12.3. The van der Waals surface area contributed by atoms with Crippen molar-refractivity contribution in [1.29, 1.82) is 0 Å². The minimum atomic E-state index is -0.657. The lowest BCUT2D eigenvalue weighted by molar-refractivity contribution is 0.564. The van der Waals surface area contributed by atoms with Crippen molar-refractivity contribution in [3.63, 3.8) is 0 Å². The molecule has 0 bridgehead atoms. The van der Waals surface area contributed by atoms with E-state index in [4.69, 9.17) is 4.42 Å². The molecule has 0 aliphatic carbocycles. The second kappa shape index (κ2) is 5.05. The smallest absolute Gasteiger partial charge is 0.177 e. The first kappa shape index (κ1) is 13.7. The summed E-state index contributed by atoms with van der Waals surface area (Å²) in [6, 6.07) is 14.5. The molecule has 4 rings (SSSR count). The molecule has 114 valence electrons. The molecule has 0 saturated heterocycles. The zero-order chi connectivity index (χ0) is 16.0. The maximum atomic E-state index is 13.9. The number of fused-ring (bicyclic) bond motifs is 1. The molecular weight excluding hydrogens is 298 g/mol. The van der Waals surface area contributed by atoms with Crippen LogP contribution in [0.5, 0.6) is 0 Å². The third kappa shape index (κ3) is 2.21. The molecule has 5 heteroatoms. The number of rotatable bonds is 2. The van der Waals surface area contributed by atoms with Gasteiger partial charge in [0.25, 0.3) is 0 Å². The van der Waals surface area contributed by atoms with E-state index >= 15 is 0 Å². The average Bonchev–Trinajstić information content (AvgIpc) is 3.13. The lowest BCUT2D eigenvalue weighted by Gasteiger charge is -2.01. The van der Waals surface area contributed by atoms with Crippen LogP contribution in [0.1, 0.15) is 0 Å². The van der Waals surface area contributed by atoms with Gasteiger partial charge in [0.05, 0.1) is 16.6 Å². The number of aromatic nitrogens is 2. The van der Waals surface area contributed by atoms with Crippen LogP contribution < -0.4 is 0 Å². The highest BCUT2D eigenvalue weighted by molar-refractivity contribution is 5.79. The summed E-state index contributed by atoms with van der Waals surface area (Å²) in [6.07, 6.45) is 0. The Balaban J connectivity index is 1.82. The molecule has 23 heavy (non-hydrogen) atoms. The Labute approximate surface area is 130 Å². The SMILES string of the molecule is Cn1c(-c2ccc(-c3ccc(F)cc3F)o2)nc2ccccc21. The number of aryl methyl sites for hydroxylation is 1. The average molecular weight is 310 g/mol. The molecular formula is C18H12F2N2O. The summed E-state index contributed by atoms with van der Waals surface area (Å²) in [6.45, 7) is 0. The molecule has 0 aliphatic rings. The van der Waals surface area contributed by atoms with E-state index < -0.39 is 11.6 Å². The van der Waals surface area contributed by atoms with Crippen LogP contribution in [0.15, 0.2) is 59.0 Å². The molecule has 0 saturated carbocycles. The first-order valence-corrected chi connectivity index (χ1v) is 7.10. The fraction of sp³-hybridized carbons (Fsp3) is 0.0556. The Kier molecular flexibility index (Phi) is 3.01. The highest BCUT2D eigenvalue weighted by Crippen LogP contribution is 2.31. The molecule has 0 N–H and O–H groups in total. The topological polar surface area (TPSA) is 31.0 Å². The minimum Gasteiger partial charge on any atom is -0.453 e. The van der Waals surface area contributed by atoms with Crippen LogP contribution in [0.4, 0.5) is 8.78 Å². The summed E-state index contributed by atoms with van der Waals surface area (Å²) in [4.78, 5) is 4.54. The summed E-state index contributed by atoms with van der Waals surface area (Å²) in [7, 11) is 1.89. The predicted molar refractivity (Wildman–Crippen MR) is 83.8 cm³/mol. The summed E-state index contributed by atoms with van der Waals surface area (Å²) in [5, 5.41) is 0. The molecule has 0 atom stereocenters. The third-order valence-corrected chi connectivity index (χ3v) is 3.81. The van der Waals surface area contributed by atoms with Crippen molar-refractivity contribution in [2.45, 2.75) is 0 Å². The summed E-state index contributed by atoms with van der Waals surface area (Å²) < 4.78 is 34.6. The highest BCUT2D eigenvalue weighted by Gasteiger charge is 2.15. The second-order valence-electron chi connectivity index (χ2n) is 5.27. The number of benzene rings is 2. The van der Waals surface area contributed by atoms with Gasteiger partial charge in [-0.2, -0.15) is 0 Å². The van der Waals surface area contributed by atoms with Gasteiger partial charge >= 0.3 is 0 Å². The van der Waals surface area contributed by atoms with Crippen molar-refractivity contribution in [3.05, 3.63) is 66.2 Å². The molecule has 0 unspecified atom stereocenters. The molecule has 2 aromatic heterocycles. The van der Waals surface area contributed by atoms with Gasteiger partial charge in [-0.1, -0.05) is 12.1 Å². The Morgan fingerprint density at radius 1 is 0.957 bits per heavy atom. The number of nitrogens with zero attached hydrogens (tertiary/aromatic N) is 2. The van der Waals surface area contributed by atoms with E-state index in [1.165, 1.54) is 12.1 Å². The number of para-hydroxylation sites is 2. The van der Waals surface area contributed by atoms with Gasteiger partial charge < -0.3 is 8.98 Å². The van der Waals surface area contributed by atoms with Gasteiger partial charge in [0.15, 0.2) is 11.6 Å². The standard InChI is InChI=1S/C18H12F2N2O/c1-22-15-5-3-2-4-14(15)21-18(22)17-9-8-16(23-17)12-7-6-11(19)10-13(12)20/h2-10H,1H3. The zero-order valence-corrected chi connectivity index (χ0v) is 12.3. The van der Waals surface area contributed by atoms with Gasteiger partial charge in [0, 0.05) is 13.1 Å². The van der Waals surface area contributed by atoms with Gasteiger partial charge in [-0.3, -0.25) is 0 Å². The summed E-state index contributed by atoms with van der Waals surface area (Å²) in [5.41, 5.74) is 2.06. The quantitative estimate of drug-likeness (QED) is 0.533. The van der Waals surface area contributed by atoms with Crippen LogP contribution in [-0.4, -0.2) is 9.55 Å². The van der Waals surface area contributed by atoms with Crippen LogP contribution in [0, 0.1) is 11.6 Å². The van der Waals surface area contributed by atoms with Crippen molar-refractivity contribution >= 4 is 11.0 Å². The first-order valence-electron chi connectivity index (χ1n) is 7.10. The Morgan fingerprint density at radius 3 is 2.52 bits per heavy atom. The number of hydrogen-bond acceptors (Lipinski definition) is 2. The molecule has 0 spiro atoms. The van der Waals surface area contributed by atoms with Crippen molar-refractivity contribution in [2.24, 2.45) is 7.05 Å². The predicted octanol–water partition coefficient (Wildman–Crippen LogP) is 4.78. The first-order chi connectivity index (χ1) is 11.1. The number of hydrogen-bond donors (Lipinski definition) is 0. The monoisotopic (exact) mass is 310 g/mol. The highest BCUT2D eigenvalue weighted by atomic mass is 19.1. The van der Waals surface area contributed by atoms with Gasteiger partial charge in [-0.15, -0.1) is 0 Å². The molecule has 0 aliphatic heterocycles. The Bertz CT molecular complexity index is 1020. The van der Waals surface area contributed by atoms with E-state index in [0.29, 0.717) is 17.3 Å². The summed E-state index contributed by atoms with van der Waals surface area (Å²) >= 11 is 0. The van der Waals surface area contributed by atoms with E-state index in [0.717, 1.165) is 17.1 Å². The second-order valence-corrected chi connectivity index (χ2v) is 5.27. The van der Waals surface area contributed by atoms with Gasteiger partial charge in [0.1, 0.15) is 17.4 Å². The third-order valence-electron chi connectivity index (χ3n) is 3.81. The molecule has 3 nitrogen and oxygen atoms in total. The van der Waals surface area contributed by atoms with Crippen LogP contribution in [0.3, 0.4) is 0 Å². The van der Waals surface area contributed by atoms with Gasteiger partial charge in [-0.25, -0.2) is 13.8 Å². The fourth-order valence-corrected chi connectivity index (χ4v) is 2.66. The van der Waals surface area contributed by atoms with E-state index in [1.807, 2.05) is 35.9 Å². The minimum absolute atomic E-state index is 0.219. The lowest BCUT2D eigenvalue weighted by atomic mass is 10.1. The maximum absolute atomic E-state index is 13.9. The molecule has 2 heterocycles. The Morgan fingerprint density at radius 2 is 1.74 bits per heavy atom. The van der Waals surface area contributed by atoms with Crippen LogP contribution in [-0.2, 0) is 7.05 Å². The van der Waals surface area contributed by atoms with E-state index in [2.05, 4.69) is 4.98 Å². The van der Waals surface area contributed by atoms with Crippen molar-refractivity contribution in [2.75, 3.05) is 0 Å². The largest absolute Gasteiger partial charge is 0.453 e. The van der Waals surface area contributed by atoms with Crippen molar-refractivity contribution in [3.8, 4) is 22.9 Å². The van der Waals surface area contributed by atoms with E-state index in [1.54, 1.807) is 12.1 Å². The van der Waals surface area contributed by atoms with Crippen molar-refractivity contribution in [1.82, 2.24) is 9.55 Å². The van der Waals surface area contributed by atoms with Crippen LogP contribution in [0.25, 0.3) is 33.9 Å². The van der Waals surface area contributed by atoms with E-state index in [9.17, 15) is 8.78 Å².